The van der Waals surface area contributed by atoms with Crippen molar-refractivity contribution in [3.8, 4) is 11.4 Å². The summed E-state index contributed by atoms with van der Waals surface area (Å²) in [6.45, 7) is 4.26. The number of fused-ring (bicyclic) bond motifs is 1. The normalized spacial score (nSPS) is 16.0. The molecule has 4 rings (SSSR count). The third-order valence-corrected chi connectivity index (χ3v) is 4.78. The molecule has 138 valence electrons. The first kappa shape index (κ1) is 17.1. The number of aryl methyl sites for hydroxylation is 3. The number of hydrogen-bond donors (Lipinski definition) is 2. The lowest BCUT2D eigenvalue weighted by Crippen LogP contribution is -2.31. The Balaban J connectivity index is 1.52. The van der Waals surface area contributed by atoms with Crippen molar-refractivity contribution in [3.63, 3.8) is 0 Å². The number of nitrogens with zero attached hydrogens (tertiary/aromatic N) is 4. The van der Waals surface area contributed by atoms with E-state index in [-0.39, 0.29) is 17.4 Å². The third kappa shape index (κ3) is 3.51. The van der Waals surface area contributed by atoms with Crippen molar-refractivity contribution in [1.82, 2.24) is 24.7 Å². The van der Waals surface area contributed by atoms with Crippen molar-refractivity contribution >= 4 is 11.6 Å². The van der Waals surface area contributed by atoms with Crippen LogP contribution in [-0.4, -0.2) is 30.6 Å². The van der Waals surface area contributed by atoms with Crippen molar-refractivity contribution in [2.24, 2.45) is 5.92 Å². The number of nitrogens with one attached hydrogen (secondary N) is 2. The molecular formula is C19H20N6O2. The summed E-state index contributed by atoms with van der Waals surface area (Å²) in [6.07, 6.45) is 1.49. The summed E-state index contributed by atoms with van der Waals surface area (Å²) in [6, 6.07) is 8.76. The maximum atomic E-state index is 12.7. The standard InChI is InChI=1S/C19H20N6O2/c1-11-8-17(26)22-18(20-11)13-4-3-5-15(9-13)21-19(27)14-6-7-16-24-23-12(2)25(16)10-14/h3-5,8-9,14H,6-7,10H2,1-2H3,(H,21,27)(H,20,22,26)/t14-/m1/s1. The molecule has 8 heteroatoms. The number of carbonyl (C=O) groups excluding carboxylic acids is 1. The van der Waals surface area contributed by atoms with Crippen LogP contribution in [0.25, 0.3) is 11.4 Å². The molecule has 2 aromatic heterocycles. The molecular weight excluding hydrogens is 344 g/mol. The number of H-pyrrole nitrogens is 1. The van der Waals surface area contributed by atoms with Gasteiger partial charge < -0.3 is 14.9 Å². The zero-order chi connectivity index (χ0) is 19.0. The van der Waals surface area contributed by atoms with Crippen molar-refractivity contribution in [1.29, 1.82) is 0 Å². The molecule has 0 bridgehead atoms. The Hall–Kier alpha value is -3.29. The number of rotatable bonds is 3. The average molecular weight is 364 g/mol. The number of amides is 1. The van der Waals surface area contributed by atoms with Gasteiger partial charge in [0.05, 0.1) is 5.92 Å². The minimum atomic E-state index is -0.200. The fourth-order valence-electron chi connectivity index (χ4n) is 3.38. The molecule has 1 aliphatic rings. The van der Waals surface area contributed by atoms with Gasteiger partial charge in [0.25, 0.3) is 5.56 Å². The molecule has 1 aliphatic heterocycles. The van der Waals surface area contributed by atoms with Gasteiger partial charge in [0.15, 0.2) is 0 Å². The van der Waals surface area contributed by atoms with E-state index >= 15 is 0 Å². The lowest BCUT2D eigenvalue weighted by atomic mass is 9.98. The van der Waals surface area contributed by atoms with Crippen LogP contribution in [-0.2, 0) is 17.8 Å². The minimum absolute atomic E-state index is 0.0309. The smallest absolute Gasteiger partial charge is 0.251 e. The van der Waals surface area contributed by atoms with E-state index in [0.29, 0.717) is 23.8 Å². The van der Waals surface area contributed by atoms with Crippen LogP contribution in [0.5, 0.6) is 0 Å². The molecule has 3 aromatic rings. The Morgan fingerprint density at radius 2 is 2.11 bits per heavy atom. The topological polar surface area (TPSA) is 106 Å². The Morgan fingerprint density at radius 1 is 1.26 bits per heavy atom. The fraction of sp³-hybridized carbons (Fsp3) is 0.316. The second-order valence-electron chi connectivity index (χ2n) is 6.82. The molecule has 0 fully saturated rings. The van der Waals surface area contributed by atoms with Crippen LogP contribution in [0.1, 0.15) is 23.8 Å². The molecule has 0 saturated heterocycles. The SMILES string of the molecule is Cc1cc(=O)[nH]c(-c2cccc(NC(=O)[C@@H]3CCc4nnc(C)n4C3)c2)n1. The van der Waals surface area contributed by atoms with E-state index in [1.165, 1.54) is 6.07 Å². The second kappa shape index (κ2) is 6.79. The van der Waals surface area contributed by atoms with Gasteiger partial charge in [-0.15, -0.1) is 10.2 Å². The van der Waals surface area contributed by atoms with E-state index in [9.17, 15) is 9.59 Å². The number of carbonyl (C=O) groups is 1. The maximum absolute atomic E-state index is 12.7. The molecule has 1 amide bonds. The van der Waals surface area contributed by atoms with Crippen LogP contribution in [0.3, 0.4) is 0 Å². The Labute approximate surface area is 155 Å². The first-order valence-corrected chi connectivity index (χ1v) is 8.87. The second-order valence-corrected chi connectivity index (χ2v) is 6.82. The maximum Gasteiger partial charge on any atom is 0.251 e. The molecule has 3 heterocycles. The van der Waals surface area contributed by atoms with Crippen LogP contribution in [0.4, 0.5) is 5.69 Å². The van der Waals surface area contributed by atoms with Gasteiger partial charge in [-0.05, 0) is 32.4 Å². The van der Waals surface area contributed by atoms with Gasteiger partial charge in [-0.2, -0.15) is 0 Å². The molecule has 0 spiro atoms. The van der Waals surface area contributed by atoms with Crippen molar-refractivity contribution in [2.45, 2.75) is 33.2 Å². The van der Waals surface area contributed by atoms with E-state index in [1.807, 2.05) is 35.8 Å². The van der Waals surface area contributed by atoms with E-state index in [4.69, 9.17) is 0 Å². The van der Waals surface area contributed by atoms with Gasteiger partial charge in [0, 0.05) is 36.0 Å². The first-order chi connectivity index (χ1) is 13.0. The number of benzene rings is 1. The average Bonchev–Trinajstić information content (AvgIpc) is 3.01. The van der Waals surface area contributed by atoms with Gasteiger partial charge in [-0.3, -0.25) is 9.59 Å². The van der Waals surface area contributed by atoms with Crippen molar-refractivity contribution in [2.75, 3.05) is 5.32 Å². The Kier molecular flexibility index (Phi) is 4.31. The molecule has 27 heavy (non-hydrogen) atoms. The van der Waals surface area contributed by atoms with Gasteiger partial charge in [0.1, 0.15) is 17.5 Å². The van der Waals surface area contributed by atoms with E-state index in [0.717, 1.165) is 30.1 Å². The van der Waals surface area contributed by atoms with Gasteiger partial charge in [0.2, 0.25) is 5.91 Å². The van der Waals surface area contributed by atoms with E-state index in [1.54, 1.807) is 6.92 Å². The van der Waals surface area contributed by atoms with Crippen LogP contribution in [0, 0.1) is 19.8 Å². The number of aromatic nitrogens is 5. The van der Waals surface area contributed by atoms with Crippen LogP contribution >= 0.6 is 0 Å². The number of hydrogen-bond acceptors (Lipinski definition) is 5. The van der Waals surface area contributed by atoms with Gasteiger partial charge >= 0.3 is 0 Å². The van der Waals surface area contributed by atoms with Gasteiger partial charge in [-0.1, -0.05) is 12.1 Å². The Bertz CT molecular complexity index is 1070. The van der Waals surface area contributed by atoms with Crippen molar-refractivity contribution < 1.29 is 4.79 Å². The Morgan fingerprint density at radius 3 is 2.93 bits per heavy atom. The zero-order valence-electron chi connectivity index (χ0n) is 15.2. The first-order valence-electron chi connectivity index (χ1n) is 8.87. The lowest BCUT2D eigenvalue weighted by molar-refractivity contribution is -0.120. The molecule has 1 atom stereocenters. The number of anilines is 1. The summed E-state index contributed by atoms with van der Waals surface area (Å²) in [5.41, 5.74) is 1.86. The molecule has 0 aliphatic carbocycles. The molecule has 2 N–H and O–H groups in total. The molecule has 1 aromatic carbocycles. The highest BCUT2D eigenvalue weighted by molar-refractivity contribution is 5.93. The molecule has 0 radical (unpaired) electrons. The van der Waals surface area contributed by atoms with Crippen molar-refractivity contribution in [3.05, 3.63) is 58.0 Å². The summed E-state index contributed by atoms with van der Waals surface area (Å²) >= 11 is 0. The number of aromatic amines is 1. The summed E-state index contributed by atoms with van der Waals surface area (Å²) < 4.78 is 2.01. The third-order valence-electron chi connectivity index (χ3n) is 4.78. The highest BCUT2D eigenvalue weighted by Gasteiger charge is 2.26. The van der Waals surface area contributed by atoms with E-state index in [2.05, 4.69) is 25.5 Å². The highest BCUT2D eigenvalue weighted by Crippen LogP contribution is 2.23. The lowest BCUT2D eigenvalue weighted by Gasteiger charge is -2.23. The highest BCUT2D eigenvalue weighted by atomic mass is 16.2. The summed E-state index contributed by atoms with van der Waals surface area (Å²) in [5.74, 6) is 2.09. The molecule has 0 unspecified atom stereocenters. The van der Waals surface area contributed by atoms with Crippen LogP contribution < -0.4 is 10.9 Å². The predicted octanol–water partition coefficient (Wildman–Crippen LogP) is 1.85. The molecule has 8 nitrogen and oxygen atoms in total. The van der Waals surface area contributed by atoms with E-state index < -0.39 is 0 Å². The summed E-state index contributed by atoms with van der Waals surface area (Å²) in [4.78, 5) is 31.5. The minimum Gasteiger partial charge on any atom is -0.326 e. The quantitative estimate of drug-likeness (QED) is 0.738. The summed E-state index contributed by atoms with van der Waals surface area (Å²) in [5, 5.41) is 11.2. The van der Waals surface area contributed by atoms with Gasteiger partial charge in [-0.25, -0.2) is 4.98 Å². The largest absolute Gasteiger partial charge is 0.326 e. The summed E-state index contributed by atoms with van der Waals surface area (Å²) in [7, 11) is 0. The fourth-order valence-corrected chi connectivity index (χ4v) is 3.38. The zero-order valence-corrected chi connectivity index (χ0v) is 15.2. The van der Waals surface area contributed by atoms with Crippen LogP contribution in [0.15, 0.2) is 35.1 Å². The van der Waals surface area contributed by atoms with Crippen LogP contribution in [0.2, 0.25) is 0 Å². The monoisotopic (exact) mass is 364 g/mol. The predicted molar refractivity (Wildman–Crippen MR) is 100 cm³/mol. The molecule has 0 saturated carbocycles.